The Morgan fingerprint density at radius 1 is 1.04 bits per heavy atom. The highest BCUT2D eigenvalue weighted by Crippen LogP contribution is 2.28. The molecule has 0 aliphatic rings. The van der Waals surface area contributed by atoms with Crippen molar-refractivity contribution in [1.82, 2.24) is 0 Å². The van der Waals surface area contributed by atoms with Gasteiger partial charge in [0.15, 0.2) is 6.10 Å². The molecule has 0 saturated carbocycles. The Balaban J connectivity index is 1.71. The fraction of sp³-hybridized carbons (Fsp3) is 0.227. The fourth-order valence-electron chi connectivity index (χ4n) is 3.03. The van der Waals surface area contributed by atoms with Crippen LogP contribution in [0.2, 0.25) is 0 Å². The van der Waals surface area contributed by atoms with Gasteiger partial charge in [0, 0.05) is 12.0 Å². The number of furan rings is 1. The molecule has 0 aliphatic heterocycles. The van der Waals surface area contributed by atoms with Crippen molar-refractivity contribution in [1.29, 1.82) is 0 Å². The highest BCUT2D eigenvalue weighted by Gasteiger charge is 2.24. The van der Waals surface area contributed by atoms with Crippen molar-refractivity contribution in [2.24, 2.45) is 0 Å². The van der Waals surface area contributed by atoms with E-state index in [1.54, 1.807) is 18.4 Å². The molecule has 3 aromatic rings. The lowest BCUT2D eigenvalue weighted by atomic mass is 9.91. The SMILES string of the molecule is CCC(C[C@H](Oc1ccc(-c2ccco2)cc1)C(=O)O)c1ccccc1. The Hall–Kier alpha value is -3.01. The van der Waals surface area contributed by atoms with E-state index in [1.165, 1.54) is 0 Å². The Kier molecular flexibility index (Phi) is 5.74. The van der Waals surface area contributed by atoms with Gasteiger partial charge in [0.1, 0.15) is 11.5 Å². The zero-order chi connectivity index (χ0) is 18.4. The minimum atomic E-state index is -0.950. The van der Waals surface area contributed by atoms with Gasteiger partial charge in [0.2, 0.25) is 0 Å². The fourth-order valence-corrected chi connectivity index (χ4v) is 3.03. The van der Waals surface area contributed by atoms with Crippen LogP contribution in [0.15, 0.2) is 77.4 Å². The molecule has 1 aromatic heterocycles. The second kappa shape index (κ2) is 8.39. The molecule has 0 radical (unpaired) electrons. The quantitative estimate of drug-likeness (QED) is 0.594. The smallest absolute Gasteiger partial charge is 0.344 e. The first-order valence-corrected chi connectivity index (χ1v) is 8.75. The topological polar surface area (TPSA) is 59.7 Å². The third-order valence-electron chi connectivity index (χ3n) is 4.48. The van der Waals surface area contributed by atoms with E-state index >= 15 is 0 Å². The number of carbonyl (C=O) groups is 1. The number of carboxylic acid groups (broad SMARTS) is 1. The Morgan fingerprint density at radius 3 is 2.35 bits per heavy atom. The molecule has 1 heterocycles. The minimum absolute atomic E-state index is 0.139. The van der Waals surface area contributed by atoms with Crippen molar-refractivity contribution in [3.63, 3.8) is 0 Å². The predicted octanol–water partition coefficient (Wildman–Crippen LogP) is 5.36. The van der Waals surface area contributed by atoms with Crippen LogP contribution in [-0.2, 0) is 4.79 Å². The zero-order valence-corrected chi connectivity index (χ0v) is 14.7. The van der Waals surface area contributed by atoms with Crippen LogP contribution in [0, 0.1) is 0 Å². The predicted molar refractivity (Wildman–Crippen MR) is 100 cm³/mol. The van der Waals surface area contributed by atoms with Crippen LogP contribution in [0.3, 0.4) is 0 Å². The zero-order valence-electron chi connectivity index (χ0n) is 14.7. The van der Waals surface area contributed by atoms with Gasteiger partial charge in [0.05, 0.1) is 6.26 Å². The van der Waals surface area contributed by atoms with Gasteiger partial charge in [-0.25, -0.2) is 4.79 Å². The first-order chi connectivity index (χ1) is 12.7. The number of benzene rings is 2. The van der Waals surface area contributed by atoms with Crippen molar-refractivity contribution in [3.8, 4) is 17.1 Å². The van der Waals surface area contributed by atoms with E-state index in [2.05, 4.69) is 6.92 Å². The van der Waals surface area contributed by atoms with Gasteiger partial charge in [-0.1, -0.05) is 37.3 Å². The van der Waals surface area contributed by atoms with Crippen LogP contribution in [0.1, 0.15) is 31.2 Å². The van der Waals surface area contributed by atoms with Gasteiger partial charge in [-0.05, 0) is 54.3 Å². The molecule has 2 aromatic carbocycles. The first kappa shape index (κ1) is 17.8. The van der Waals surface area contributed by atoms with Crippen molar-refractivity contribution in [3.05, 3.63) is 78.6 Å². The number of carboxylic acids is 1. The molecule has 0 saturated heterocycles. The Labute approximate surface area is 153 Å². The lowest BCUT2D eigenvalue weighted by Crippen LogP contribution is -2.29. The molecule has 1 N–H and O–H groups in total. The summed E-state index contributed by atoms with van der Waals surface area (Å²) in [6, 6.07) is 21.0. The molecule has 26 heavy (non-hydrogen) atoms. The minimum Gasteiger partial charge on any atom is -0.479 e. The van der Waals surface area contributed by atoms with Gasteiger partial charge in [-0.3, -0.25) is 0 Å². The number of rotatable bonds is 8. The Bertz CT molecular complexity index is 807. The van der Waals surface area contributed by atoms with E-state index < -0.39 is 12.1 Å². The van der Waals surface area contributed by atoms with E-state index in [1.807, 2.05) is 54.6 Å². The second-order valence-corrected chi connectivity index (χ2v) is 6.20. The van der Waals surface area contributed by atoms with E-state index in [0.29, 0.717) is 12.2 Å². The van der Waals surface area contributed by atoms with Crippen molar-refractivity contribution < 1.29 is 19.1 Å². The summed E-state index contributed by atoms with van der Waals surface area (Å²) in [5.74, 6) is 0.492. The molecular weight excluding hydrogens is 328 g/mol. The third-order valence-corrected chi connectivity index (χ3v) is 4.48. The highest BCUT2D eigenvalue weighted by molar-refractivity contribution is 5.73. The molecule has 0 spiro atoms. The highest BCUT2D eigenvalue weighted by atomic mass is 16.5. The van der Waals surface area contributed by atoms with Gasteiger partial charge in [-0.15, -0.1) is 0 Å². The molecule has 0 bridgehead atoms. The van der Waals surface area contributed by atoms with E-state index in [9.17, 15) is 9.90 Å². The molecule has 0 fully saturated rings. The molecule has 3 rings (SSSR count). The summed E-state index contributed by atoms with van der Waals surface area (Å²) in [6.45, 7) is 2.06. The summed E-state index contributed by atoms with van der Waals surface area (Å²) in [7, 11) is 0. The van der Waals surface area contributed by atoms with Gasteiger partial charge < -0.3 is 14.3 Å². The summed E-state index contributed by atoms with van der Waals surface area (Å²) in [4.78, 5) is 11.7. The van der Waals surface area contributed by atoms with Crippen LogP contribution in [0.5, 0.6) is 5.75 Å². The van der Waals surface area contributed by atoms with Gasteiger partial charge in [0.25, 0.3) is 0 Å². The molecule has 134 valence electrons. The molecule has 0 amide bonds. The standard InChI is InChI=1S/C22H22O4/c1-2-16(17-7-4-3-5-8-17)15-21(22(23)24)26-19-12-10-18(11-13-19)20-9-6-14-25-20/h3-14,16,21H,2,15H2,1H3,(H,23,24)/t16?,21-/m0/s1. The van der Waals surface area contributed by atoms with Crippen LogP contribution >= 0.6 is 0 Å². The lowest BCUT2D eigenvalue weighted by molar-refractivity contribution is -0.145. The van der Waals surface area contributed by atoms with Gasteiger partial charge >= 0.3 is 5.97 Å². The average molecular weight is 350 g/mol. The van der Waals surface area contributed by atoms with Crippen LogP contribution in [0.4, 0.5) is 0 Å². The maximum atomic E-state index is 11.7. The first-order valence-electron chi connectivity index (χ1n) is 8.75. The summed E-state index contributed by atoms with van der Waals surface area (Å²) in [6.07, 6.45) is 2.01. The number of hydrogen-bond donors (Lipinski definition) is 1. The Morgan fingerprint density at radius 2 is 1.77 bits per heavy atom. The molecule has 1 unspecified atom stereocenters. The number of ether oxygens (including phenoxy) is 1. The maximum Gasteiger partial charge on any atom is 0.344 e. The summed E-state index contributed by atoms with van der Waals surface area (Å²) in [5, 5.41) is 9.59. The van der Waals surface area contributed by atoms with Crippen LogP contribution < -0.4 is 4.74 Å². The van der Waals surface area contributed by atoms with Gasteiger partial charge in [-0.2, -0.15) is 0 Å². The molecule has 4 heteroatoms. The van der Waals surface area contributed by atoms with E-state index in [0.717, 1.165) is 23.3 Å². The molecule has 4 nitrogen and oxygen atoms in total. The second-order valence-electron chi connectivity index (χ2n) is 6.20. The number of hydrogen-bond acceptors (Lipinski definition) is 3. The number of aliphatic carboxylic acids is 1. The summed E-state index contributed by atoms with van der Waals surface area (Å²) >= 11 is 0. The molecule has 0 aliphatic carbocycles. The van der Waals surface area contributed by atoms with Crippen molar-refractivity contribution >= 4 is 5.97 Å². The average Bonchev–Trinajstić information content (AvgIpc) is 3.21. The van der Waals surface area contributed by atoms with Crippen molar-refractivity contribution in [2.45, 2.75) is 31.8 Å². The van der Waals surface area contributed by atoms with Crippen LogP contribution in [0.25, 0.3) is 11.3 Å². The van der Waals surface area contributed by atoms with Crippen molar-refractivity contribution in [2.75, 3.05) is 0 Å². The molecule has 2 atom stereocenters. The third kappa shape index (κ3) is 4.33. The normalized spacial score (nSPS) is 13.1. The molecular formula is C22H22O4. The van der Waals surface area contributed by atoms with Crippen LogP contribution in [-0.4, -0.2) is 17.2 Å². The largest absolute Gasteiger partial charge is 0.479 e. The summed E-state index contributed by atoms with van der Waals surface area (Å²) < 4.78 is 11.1. The summed E-state index contributed by atoms with van der Waals surface area (Å²) in [5.41, 5.74) is 2.06. The van der Waals surface area contributed by atoms with E-state index in [-0.39, 0.29) is 5.92 Å². The monoisotopic (exact) mass is 350 g/mol. The van der Waals surface area contributed by atoms with E-state index in [4.69, 9.17) is 9.15 Å². The maximum absolute atomic E-state index is 11.7. The lowest BCUT2D eigenvalue weighted by Gasteiger charge is -2.21.